The third-order valence-electron chi connectivity index (χ3n) is 5.16. The molecule has 0 aromatic heterocycles. The third kappa shape index (κ3) is 4.90. The highest BCUT2D eigenvalue weighted by molar-refractivity contribution is 5.76. The van der Waals surface area contributed by atoms with Gasteiger partial charge in [-0.25, -0.2) is 0 Å². The molecule has 0 aliphatic rings. The summed E-state index contributed by atoms with van der Waals surface area (Å²) in [5.74, 6) is 0.938. The molecule has 0 saturated heterocycles. The van der Waals surface area contributed by atoms with Gasteiger partial charge in [0, 0.05) is 17.1 Å². The highest BCUT2D eigenvalue weighted by Crippen LogP contribution is 2.34. The molecule has 0 atom stereocenters. The Balaban J connectivity index is 1.49. The summed E-state index contributed by atoms with van der Waals surface area (Å²) in [5, 5.41) is 0. The van der Waals surface area contributed by atoms with E-state index >= 15 is 0 Å². The SMILES string of the molecule is CCOc1ccc(CCc2ccc(N(c3ccccc3)c3ccccc3)cc2)cc1. The van der Waals surface area contributed by atoms with Crippen molar-refractivity contribution >= 4 is 17.1 Å². The summed E-state index contributed by atoms with van der Waals surface area (Å²) >= 11 is 0. The first kappa shape index (κ1) is 19.8. The number of para-hydroxylation sites is 2. The fourth-order valence-electron chi connectivity index (χ4n) is 3.62. The number of hydrogen-bond acceptors (Lipinski definition) is 2. The smallest absolute Gasteiger partial charge is 0.119 e. The third-order valence-corrected chi connectivity index (χ3v) is 5.16. The molecule has 30 heavy (non-hydrogen) atoms. The molecule has 0 radical (unpaired) electrons. The number of hydrogen-bond donors (Lipinski definition) is 0. The van der Waals surface area contributed by atoms with Crippen molar-refractivity contribution in [2.45, 2.75) is 19.8 Å². The van der Waals surface area contributed by atoms with E-state index in [0.717, 1.165) is 35.7 Å². The Morgan fingerprint density at radius 3 is 1.43 bits per heavy atom. The molecule has 0 spiro atoms. The zero-order valence-electron chi connectivity index (χ0n) is 17.4. The van der Waals surface area contributed by atoms with E-state index in [-0.39, 0.29) is 0 Å². The second kappa shape index (κ2) is 9.80. The van der Waals surface area contributed by atoms with Crippen LogP contribution in [0.15, 0.2) is 109 Å². The summed E-state index contributed by atoms with van der Waals surface area (Å²) in [6.45, 7) is 2.71. The topological polar surface area (TPSA) is 12.5 Å². The molecule has 2 heteroatoms. The molecule has 4 rings (SSSR count). The Morgan fingerprint density at radius 1 is 0.533 bits per heavy atom. The van der Waals surface area contributed by atoms with Gasteiger partial charge in [-0.15, -0.1) is 0 Å². The molecule has 0 aliphatic carbocycles. The number of aryl methyl sites for hydroxylation is 2. The Bertz CT molecular complexity index is 986. The van der Waals surface area contributed by atoms with E-state index in [2.05, 4.69) is 114 Å². The quantitative estimate of drug-likeness (QED) is 0.310. The van der Waals surface area contributed by atoms with Crippen LogP contribution in [0.2, 0.25) is 0 Å². The van der Waals surface area contributed by atoms with Crippen molar-refractivity contribution in [2.75, 3.05) is 11.5 Å². The Hall–Kier alpha value is -3.52. The average molecular weight is 394 g/mol. The van der Waals surface area contributed by atoms with Crippen molar-refractivity contribution in [1.82, 2.24) is 0 Å². The minimum Gasteiger partial charge on any atom is -0.494 e. The van der Waals surface area contributed by atoms with Crippen LogP contribution in [0.5, 0.6) is 5.75 Å². The van der Waals surface area contributed by atoms with Gasteiger partial charge in [-0.1, -0.05) is 60.7 Å². The van der Waals surface area contributed by atoms with Gasteiger partial charge in [-0.3, -0.25) is 0 Å². The number of rotatable bonds is 8. The summed E-state index contributed by atoms with van der Waals surface area (Å²) in [6.07, 6.45) is 2.04. The standard InChI is InChI=1S/C28H27NO/c1-2-30-28-21-17-24(18-22-28)14-13-23-15-19-27(20-16-23)29(25-9-5-3-6-10-25)26-11-7-4-8-12-26/h3-12,15-22H,2,13-14H2,1H3. The minimum absolute atomic E-state index is 0.703. The van der Waals surface area contributed by atoms with E-state index in [1.54, 1.807) is 0 Å². The largest absolute Gasteiger partial charge is 0.494 e. The van der Waals surface area contributed by atoms with Crippen LogP contribution in [0, 0.1) is 0 Å². The van der Waals surface area contributed by atoms with Gasteiger partial charge < -0.3 is 9.64 Å². The lowest BCUT2D eigenvalue weighted by Crippen LogP contribution is -2.09. The molecule has 0 unspecified atom stereocenters. The molecule has 0 fully saturated rings. The normalized spacial score (nSPS) is 10.6. The van der Waals surface area contributed by atoms with E-state index in [1.165, 1.54) is 11.1 Å². The van der Waals surface area contributed by atoms with Crippen molar-refractivity contribution in [3.05, 3.63) is 120 Å². The van der Waals surface area contributed by atoms with Crippen molar-refractivity contribution in [2.24, 2.45) is 0 Å². The van der Waals surface area contributed by atoms with Crippen LogP contribution in [0.3, 0.4) is 0 Å². The van der Waals surface area contributed by atoms with Gasteiger partial charge in [0.1, 0.15) is 5.75 Å². The van der Waals surface area contributed by atoms with Gasteiger partial charge in [-0.2, -0.15) is 0 Å². The number of anilines is 3. The second-order valence-corrected chi connectivity index (χ2v) is 7.25. The maximum atomic E-state index is 5.53. The van der Waals surface area contributed by atoms with Gasteiger partial charge >= 0.3 is 0 Å². The lowest BCUT2D eigenvalue weighted by Gasteiger charge is -2.25. The minimum atomic E-state index is 0.703. The predicted octanol–water partition coefficient (Wildman–Crippen LogP) is 7.34. The van der Waals surface area contributed by atoms with Gasteiger partial charge in [0.2, 0.25) is 0 Å². The highest BCUT2D eigenvalue weighted by Gasteiger charge is 2.11. The van der Waals surface area contributed by atoms with Crippen LogP contribution < -0.4 is 9.64 Å². The van der Waals surface area contributed by atoms with Crippen LogP contribution in [-0.2, 0) is 12.8 Å². The monoisotopic (exact) mass is 393 g/mol. The molecule has 150 valence electrons. The van der Waals surface area contributed by atoms with Crippen LogP contribution >= 0.6 is 0 Å². The summed E-state index contributed by atoms with van der Waals surface area (Å²) in [5.41, 5.74) is 6.15. The lowest BCUT2D eigenvalue weighted by molar-refractivity contribution is 0.340. The van der Waals surface area contributed by atoms with Crippen LogP contribution in [0.1, 0.15) is 18.1 Å². The molecule has 2 nitrogen and oxygen atoms in total. The summed E-state index contributed by atoms with van der Waals surface area (Å²) in [7, 11) is 0. The zero-order chi connectivity index (χ0) is 20.6. The first-order valence-corrected chi connectivity index (χ1v) is 10.5. The van der Waals surface area contributed by atoms with E-state index in [1.807, 2.05) is 6.92 Å². The van der Waals surface area contributed by atoms with Crippen LogP contribution in [0.25, 0.3) is 0 Å². The molecule has 0 heterocycles. The predicted molar refractivity (Wildman–Crippen MR) is 126 cm³/mol. The Labute approximate surface area is 179 Å². The van der Waals surface area contributed by atoms with Gasteiger partial charge in [0.25, 0.3) is 0 Å². The maximum absolute atomic E-state index is 5.53. The summed E-state index contributed by atoms with van der Waals surface area (Å²) in [6, 6.07) is 38.3. The van der Waals surface area contributed by atoms with Crippen molar-refractivity contribution in [3.8, 4) is 5.75 Å². The number of nitrogens with zero attached hydrogens (tertiary/aromatic N) is 1. The molecule has 0 saturated carbocycles. The van der Waals surface area contributed by atoms with Gasteiger partial charge in [0.15, 0.2) is 0 Å². The maximum Gasteiger partial charge on any atom is 0.119 e. The number of ether oxygens (including phenoxy) is 1. The Morgan fingerprint density at radius 2 is 0.967 bits per heavy atom. The molecule has 4 aromatic rings. The zero-order valence-corrected chi connectivity index (χ0v) is 17.4. The molecular weight excluding hydrogens is 366 g/mol. The molecular formula is C28H27NO. The van der Waals surface area contributed by atoms with Crippen molar-refractivity contribution in [3.63, 3.8) is 0 Å². The van der Waals surface area contributed by atoms with Gasteiger partial charge in [-0.05, 0) is 79.4 Å². The van der Waals surface area contributed by atoms with Gasteiger partial charge in [0.05, 0.1) is 6.61 Å². The molecule has 0 N–H and O–H groups in total. The van der Waals surface area contributed by atoms with Crippen LogP contribution in [-0.4, -0.2) is 6.61 Å². The fourth-order valence-corrected chi connectivity index (χ4v) is 3.62. The summed E-state index contributed by atoms with van der Waals surface area (Å²) in [4.78, 5) is 2.29. The average Bonchev–Trinajstić information content (AvgIpc) is 2.81. The molecule has 0 aliphatic heterocycles. The van der Waals surface area contributed by atoms with Crippen LogP contribution in [0.4, 0.5) is 17.1 Å². The summed E-state index contributed by atoms with van der Waals surface area (Å²) < 4.78 is 5.53. The van der Waals surface area contributed by atoms with E-state index in [0.29, 0.717) is 6.61 Å². The first-order chi connectivity index (χ1) is 14.8. The van der Waals surface area contributed by atoms with E-state index in [4.69, 9.17) is 4.74 Å². The molecule has 0 bridgehead atoms. The highest BCUT2D eigenvalue weighted by atomic mass is 16.5. The first-order valence-electron chi connectivity index (χ1n) is 10.5. The molecule has 4 aromatic carbocycles. The van der Waals surface area contributed by atoms with E-state index in [9.17, 15) is 0 Å². The van der Waals surface area contributed by atoms with E-state index < -0.39 is 0 Å². The molecule has 0 amide bonds. The Kier molecular flexibility index (Phi) is 6.46. The van der Waals surface area contributed by atoms with Crippen molar-refractivity contribution in [1.29, 1.82) is 0 Å². The van der Waals surface area contributed by atoms with Crippen molar-refractivity contribution < 1.29 is 4.74 Å². The lowest BCUT2D eigenvalue weighted by atomic mass is 10.0. The number of benzene rings is 4. The second-order valence-electron chi connectivity index (χ2n) is 7.25. The fraction of sp³-hybridized carbons (Fsp3) is 0.143.